The summed E-state index contributed by atoms with van der Waals surface area (Å²) in [6, 6.07) is 1.21. The number of aryl methyl sites for hydroxylation is 1. The fraction of sp³-hybridized carbons (Fsp3) is 0.500. The third kappa shape index (κ3) is 3.38. The Hall–Kier alpha value is -1.74. The summed E-state index contributed by atoms with van der Waals surface area (Å²) in [5.74, 6) is -0.249. The third-order valence-corrected chi connectivity index (χ3v) is 3.73. The summed E-state index contributed by atoms with van der Waals surface area (Å²) < 4.78 is 22.0. The van der Waals surface area contributed by atoms with Crippen LogP contribution in [0.3, 0.4) is 0 Å². The van der Waals surface area contributed by atoms with Gasteiger partial charge in [-0.15, -0.1) is 0 Å². The molecule has 0 aromatic carbocycles. The Morgan fingerprint density at radius 2 is 2.21 bits per heavy atom. The van der Waals surface area contributed by atoms with Crippen LogP contribution >= 0.6 is 0 Å². The zero-order valence-electron chi connectivity index (χ0n) is 10.3. The van der Waals surface area contributed by atoms with Gasteiger partial charge in [-0.3, -0.25) is 14.5 Å². The number of carbonyl (C=O) groups is 1. The summed E-state index contributed by atoms with van der Waals surface area (Å²) >= 11 is 0. The predicted octanol–water partition coefficient (Wildman–Crippen LogP) is -1.28. The van der Waals surface area contributed by atoms with Gasteiger partial charge in [0.2, 0.25) is 15.9 Å². The molecule has 0 bridgehead atoms. The van der Waals surface area contributed by atoms with Crippen LogP contribution in [0.5, 0.6) is 0 Å². The van der Waals surface area contributed by atoms with Gasteiger partial charge in [0, 0.05) is 24.9 Å². The predicted molar refractivity (Wildman–Crippen MR) is 68.0 cm³/mol. The van der Waals surface area contributed by atoms with Crippen molar-refractivity contribution in [3.8, 4) is 0 Å². The number of nitrogens with two attached hydrogens (primary N) is 1. The molecule has 0 spiro atoms. The highest BCUT2D eigenvalue weighted by Gasteiger charge is 2.33. The molecule has 1 aliphatic rings. The van der Waals surface area contributed by atoms with E-state index >= 15 is 0 Å². The molecule has 0 radical (unpaired) electrons. The van der Waals surface area contributed by atoms with Gasteiger partial charge in [-0.05, 0) is 6.92 Å². The van der Waals surface area contributed by atoms with Crippen LogP contribution in [-0.4, -0.2) is 36.6 Å². The number of primary sulfonamides is 1. The molecule has 0 saturated carbocycles. The highest BCUT2D eigenvalue weighted by molar-refractivity contribution is 7.89. The summed E-state index contributed by atoms with van der Waals surface area (Å²) in [5.41, 5.74) is -0.356. The van der Waals surface area contributed by atoms with Gasteiger partial charge in [0.15, 0.2) is 0 Å². The zero-order chi connectivity index (χ0) is 14.2. The van der Waals surface area contributed by atoms with Gasteiger partial charge in [0.1, 0.15) is 11.6 Å². The average Bonchev–Trinajstić information content (AvgIpc) is 2.54. The van der Waals surface area contributed by atoms with Crippen molar-refractivity contribution in [3.63, 3.8) is 0 Å². The lowest BCUT2D eigenvalue weighted by Gasteiger charge is -2.15. The molecule has 2 heterocycles. The van der Waals surface area contributed by atoms with E-state index in [1.165, 1.54) is 11.0 Å². The van der Waals surface area contributed by atoms with Crippen LogP contribution in [0.2, 0.25) is 0 Å². The van der Waals surface area contributed by atoms with Crippen LogP contribution in [0.25, 0.3) is 0 Å². The van der Waals surface area contributed by atoms with Gasteiger partial charge >= 0.3 is 0 Å². The molecule has 1 aromatic rings. The van der Waals surface area contributed by atoms with Crippen LogP contribution in [0.4, 0.5) is 5.82 Å². The first-order valence-electron chi connectivity index (χ1n) is 5.63. The SMILES string of the molecule is Cc1nc(N2CC(CS(N)(=O)=O)CC2=O)cc(=O)[nH]1. The molecule has 2 rings (SSSR count). The molecule has 104 valence electrons. The first kappa shape index (κ1) is 13.7. The lowest BCUT2D eigenvalue weighted by Crippen LogP contribution is -2.29. The van der Waals surface area contributed by atoms with Crippen LogP contribution in [0.15, 0.2) is 10.9 Å². The number of sulfonamides is 1. The quantitative estimate of drug-likeness (QED) is 0.715. The molecular formula is C10H14N4O4S. The number of hydrogen-bond acceptors (Lipinski definition) is 5. The van der Waals surface area contributed by atoms with Crippen molar-refractivity contribution in [3.05, 3.63) is 22.2 Å². The second-order valence-corrected chi connectivity index (χ2v) is 6.25. The summed E-state index contributed by atoms with van der Waals surface area (Å²) in [6.45, 7) is 1.80. The van der Waals surface area contributed by atoms with Crippen molar-refractivity contribution in [1.29, 1.82) is 0 Å². The standard InChI is InChI=1S/C10H14N4O4S/c1-6-12-8(3-9(15)13-6)14-4-7(2-10(14)16)5-19(11,17)18/h3,7H,2,4-5H2,1H3,(H2,11,17,18)(H,12,13,15). The Labute approximate surface area is 109 Å². The first-order valence-corrected chi connectivity index (χ1v) is 7.35. The van der Waals surface area contributed by atoms with Gasteiger partial charge < -0.3 is 4.98 Å². The molecule has 3 N–H and O–H groups in total. The minimum absolute atomic E-state index is 0.0873. The number of nitrogens with one attached hydrogen (secondary N) is 1. The van der Waals surface area contributed by atoms with Crippen LogP contribution < -0.4 is 15.6 Å². The van der Waals surface area contributed by atoms with Crippen molar-refractivity contribution in [2.24, 2.45) is 11.1 Å². The summed E-state index contributed by atoms with van der Waals surface area (Å²) in [4.78, 5) is 31.0. The molecule has 19 heavy (non-hydrogen) atoms. The van der Waals surface area contributed by atoms with E-state index in [1.54, 1.807) is 6.92 Å². The number of carbonyl (C=O) groups excluding carboxylic acids is 1. The molecule has 0 aliphatic carbocycles. The fourth-order valence-corrected chi connectivity index (χ4v) is 3.03. The summed E-state index contributed by atoms with van der Waals surface area (Å²) in [6.07, 6.45) is 0.0873. The van der Waals surface area contributed by atoms with Crippen LogP contribution in [-0.2, 0) is 14.8 Å². The number of anilines is 1. The van der Waals surface area contributed by atoms with Gasteiger partial charge in [-0.2, -0.15) is 0 Å². The largest absolute Gasteiger partial charge is 0.311 e. The average molecular weight is 286 g/mol. The number of aromatic amines is 1. The van der Waals surface area contributed by atoms with E-state index in [0.717, 1.165) is 0 Å². The maximum absolute atomic E-state index is 11.8. The van der Waals surface area contributed by atoms with Gasteiger partial charge in [-0.1, -0.05) is 0 Å². The fourth-order valence-electron chi connectivity index (χ4n) is 2.15. The van der Waals surface area contributed by atoms with Gasteiger partial charge in [0.25, 0.3) is 5.56 Å². The lowest BCUT2D eigenvalue weighted by atomic mass is 10.1. The monoisotopic (exact) mass is 286 g/mol. The summed E-state index contributed by atoms with van der Waals surface area (Å²) in [5, 5.41) is 4.96. The molecule has 1 amide bonds. The summed E-state index contributed by atoms with van der Waals surface area (Å²) in [7, 11) is -3.62. The molecule has 1 unspecified atom stereocenters. The van der Waals surface area contributed by atoms with Crippen molar-refractivity contribution in [2.75, 3.05) is 17.2 Å². The smallest absolute Gasteiger partial charge is 0.252 e. The second kappa shape index (κ2) is 4.74. The maximum atomic E-state index is 11.8. The number of hydrogen-bond donors (Lipinski definition) is 2. The normalized spacial score (nSPS) is 20.0. The molecule has 1 atom stereocenters. The van der Waals surface area contributed by atoms with E-state index in [0.29, 0.717) is 5.82 Å². The molecule has 1 saturated heterocycles. The first-order chi connectivity index (χ1) is 8.74. The number of nitrogens with zero attached hydrogens (tertiary/aromatic N) is 2. The Balaban J connectivity index is 2.22. The minimum atomic E-state index is -3.62. The molecule has 1 aliphatic heterocycles. The van der Waals surface area contributed by atoms with Crippen LogP contribution in [0.1, 0.15) is 12.2 Å². The maximum Gasteiger partial charge on any atom is 0.252 e. The van der Waals surface area contributed by atoms with E-state index in [1.807, 2.05) is 0 Å². The number of amides is 1. The number of H-pyrrole nitrogens is 1. The van der Waals surface area contributed by atoms with Gasteiger partial charge in [-0.25, -0.2) is 18.5 Å². The third-order valence-electron chi connectivity index (χ3n) is 2.80. The van der Waals surface area contributed by atoms with E-state index < -0.39 is 10.0 Å². The number of rotatable bonds is 3. The zero-order valence-corrected chi connectivity index (χ0v) is 11.1. The molecule has 1 aromatic heterocycles. The van der Waals surface area contributed by atoms with Gasteiger partial charge in [0.05, 0.1) is 5.75 Å². The second-order valence-electron chi connectivity index (χ2n) is 4.59. The van der Waals surface area contributed by atoms with E-state index in [9.17, 15) is 18.0 Å². The lowest BCUT2D eigenvalue weighted by molar-refractivity contribution is -0.117. The molecule has 1 fully saturated rings. The molecule has 9 heteroatoms. The Morgan fingerprint density at radius 1 is 1.53 bits per heavy atom. The highest BCUT2D eigenvalue weighted by atomic mass is 32.2. The molecular weight excluding hydrogens is 272 g/mol. The van der Waals surface area contributed by atoms with Crippen molar-refractivity contribution in [1.82, 2.24) is 9.97 Å². The topological polar surface area (TPSA) is 126 Å². The molecule has 8 nitrogen and oxygen atoms in total. The van der Waals surface area contributed by atoms with E-state index in [2.05, 4.69) is 9.97 Å². The van der Waals surface area contributed by atoms with Crippen molar-refractivity contribution < 1.29 is 13.2 Å². The van der Waals surface area contributed by atoms with Crippen LogP contribution in [0, 0.1) is 12.8 Å². The minimum Gasteiger partial charge on any atom is -0.311 e. The Bertz CT molecular complexity index is 666. The van der Waals surface area contributed by atoms with Crippen molar-refractivity contribution in [2.45, 2.75) is 13.3 Å². The van der Waals surface area contributed by atoms with E-state index in [-0.39, 0.29) is 41.9 Å². The number of aromatic nitrogens is 2. The van der Waals surface area contributed by atoms with E-state index in [4.69, 9.17) is 5.14 Å². The highest BCUT2D eigenvalue weighted by Crippen LogP contribution is 2.23. The Morgan fingerprint density at radius 3 is 2.79 bits per heavy atom. The van der Waals surface area contributed by atoms with Crippen molar-refractivity contribution >= 4 is 21.7 Å². The Kier molecular flexibility index (Phi) is 3.42.